The number of methoxy groups -OCH3 is 1. The lowest BCUT2D eigenvalue weighted by Gasteiger charge is -2.32. The normalized spacial score (nSPS) is 14.6. The predicted molar refractivity (Wildman–Crippen MR) is 154 cm³/mol. The second-order valence-corrected chi connectivity index (χ2v) is 10.7. The van der Waals surface area contributed by atoms with Crippen molar-refractivity contribution in [1.82, 2.24) is 24.9 Å². The summed E-state index contributed by atoms with van der Waals surface area (Å²) in [6.07, 6.45) is -0.791. The fraction of sp³-hybridized carbons (Fsp3) is 0.333. The minimum Gasteiger partial charge on any atom is -0.451 e. The molecule has 0 spiro atoms. The molecule has 1 saturated heterocycles. The van der Waals surface area contributed by atoms with Crippen LogP contribution >= 0.6 is 0 Å². The average molecular weight is 559 g/mol. The number of anilines is 1. The smallest absolute Gasteiger partial charge is 0.435 e. The monoisotopic (exact) mass is 558 g/mol. The van der Waals surface area contributed by atoms with Crippen molar-refractivity contribution in [3.8, 4) is 0 Å². The van der Waals surface area contributed by atoms with E-state index in [1.807, 2.05) is 56.3 Å². The summed E-state index contributed by atoms with van der Waals surface area (Å²) in [4.78, 5) is 43.4. The summed E-state index contributed by atoms with van der Waals surface area (Å²) in [6, 6.07) is 18.3. The van der Waals surface area contributed by atoms with Gasteiger partial charge in [0.2, 0.25) is 0 Å². The molecule has 0 unspecified atom stereocenters. The molecule has 41 heavy (non-hydrogen) atoms. The van der Waals surface area contributed by atoms with Crippen LogP contribution in [0.4, 0.5) is 10.6 Å². The SMILES string of the molecule is COC(=O)n1nc(NC(=O)c2ccc(CN3CCN(C)CC3)cc2)c2oc(C(=O)NC(C)(C)c3ccccc3)cc21. The molecule has 11 nitrogen and oxygen atoms in total. The molecule has 0 atom stereocenters. The summed E-state index contributed by atoms with van der Waals surface area (Å²) in [5, 5.41) is 9.85. The standard InChI is InChI=1S/C30H34N6O5/c1-30(2,22-8-6-5-7-9-22)32-28(38)24-18-23-25(41-24)26(33-36(23)29(39)40-4)31-27(37)21-12-10-20(11-13-21)19-35-16-14-34(3)15-17-35/h5-13,18H,14-17,19H2,1-4H3,(H,32,38)(H,31,33,37). The zero-order chi connectivity index (χ0) is 29.1. The van der Waals surface area contributed by atoms with Crippen molar-refractivity contribution in [3.63, 3.8) is 0 Å². The van der Waals surface area contributed by atoms with E-state index in [-0.39, 0.29) is 22.7 Å². The third kappa shape index (κ3) is 6.16. The number of piperazine rings is 1. The minimum absolute atomic E-state index is 0.00159. The van der Waals surface area contributed by atoms with Crippen molar-refractivity contribution in [2.24, 2.45) is 0 Å². The van der Waals surface area contributed by atoms with Crippen LogP contribution in [-0.4, -0.2) is 77.8 Å². The number of ether oxygens (including phenoxy) is 1. The van der Waals surface area contributed by atoms with E-state index in [1.165, 1.54) is 13.2 Å². The van der Waals surface area contributed by atoms with Crippen LogP contribution in [0, 0.1) is 0 Å². The Kier molecular flexibility index (Phi) is 7.91. The topological polar surface area (TPSA) is 122 Å². The molecule has 0 saturated carbocycles. The molecule has 0 aliphatic carbocycles. The molecular weight excluding hydrogens is 524 g/mol. The van der Waals surface area contributed by atoms with Gasteiger partial charge in [-0.15, -0.1) is 5.10 Å². The number of aromatic nitrogens is 2. The highest BCUT2D eigenvalue weighted by atomic mass is 16.5. The Labute approximate surface area is 238 Å². The van der Waals surface area contributed by atoms with Crippen LogP contribution in [0.2, 0.25) is 0 Å². The zero-order valence-electron chi connectivity index (χ0n) is 23.6. The molecule has 2 aromatic heterocycles. The molecule has 2 N–H and O–H groups in total. The van der Waals surface area contributed by atoms with Crippen molar-refractivity contribution in [2.75, 3.05) is 45.7 Å². The van der Waals surface area contributed by atoms with Crippen LogP contribution in [0.1, 0.15) is 45.9 Å². The summed E-state index contributed by atoms with van der Waals surface area (Å²) < 4.78 is 11.6. The lowest BCUT2D eigenvalue weighted by molar-refractivity contribution is 0.0885. The van der Waals surface area contributed by atoms with Crippen molar-refractivity contribution in [2.45, 2.75) is 25.9 Å². The molecule has 1 aliphatic rings. The van der Waals surface area contributed by atoms with E-state index < -0.39 is 23.4 Å². The number of hydrogen-bond donors (Lipinski definition) is 2. The Balaban J connectivity index is 1.34. The number of nitrogens with one attached hydrogen (secondary N) is 2. The number of amides is 2. The van der Waals surface area contributed by atoms with Crippen molar-refractivity contribution in [1.29, 1.82) is 0 Å². The van der Waals surface area contributed by atoms with Crippen molar-refractivity contribution in [3.05, 3.63) is 83.1 Å². The number of benzene rings is 2. The molecular formula is C30H34N6O5. The van der Waals surface area contributed by atoms with Crippen molar-refractivity contribution < 1.29 is 23.5 Å². The van der Waals surface area contributed by atoms with E-state index >= 15 is 0 Å². The molecule has 11 heteroatoms. The van der Waals surface area contributed by atoms with Gasteiger partial charge in [0, 0.05) is 44.4 Å². The summed E-state index contributed by atoms with van der Waals surface area (Å²) in [6.45, 7) is 8.65. The van der Waals surface area contributed by atoms with E-state index in [2.05, 4.69) is 32.6 Å². The lowest BCUT2D eigenvalue weighted by atomic mass is 9.94. The van der Waals surface area contributed by atoms with Crippen LogP contribution < -0.4 is 10.6 Å². The van der Waals surface area contributed by atoms with Crippen LogP contribution in [0.15, 0.2) is 65.1 Å². The first kappa shape index (κ1) is 28.1. The number of carbonyl (C=O) groups is 3. The third-order valence-corrected chi connectivity index (χ3v) is 7.30. The van der Waals surface area contributed by atoms with Gasteiger partial charge in [0.25, 0.3) is 11.8 Å². The van der Waals surface area contributed by atoms with Crippen LogP contribution in [0.25, 0.3) is 11.1 Å². The maximum atomic E-state index is 13.2. The fourth-order valence-electron chi connectivity index (χ4n) is 4.80. The maximum absolute atomic E-state index is 13.2. The Morgan fingerprint density at radius 2 is 1.66 bits per heavy atom. The van der Waals surface area contributed by atoms with E-state index in [0.29, 0.717) is 5.56 Å². The number of hydrogen-bond acceptors (Lipinski definition) is 8. The largest absolute Gasteiger partial charge is 0.451 e. The maximum Gasteiger partial charge on any atom is 0.435 e. The number of nitrogens with zero attached hydrogens (tertiary/aromatic N) is 4. The van der Waals surface area contributed by atoms with Crippen LogP contribution in [0.3, 0.4) is 0 Å². The van der Waals surface area contributed by atoms with Crippen molar-refractivity contribution >= 4 is 34.8 Å². The Morgan fingerprint density at radius 1 is 0.976 bits per heavy atom. The van der Waals surface area contributed by atoms with Gasteiger partial charge >= 0.3 is 6.09 Å². The molecule has 0 bridgehead atoms. The summed E-state index contributed by atoms with van der Waals surface area (Å²) in [7, 11) is 3.34. The van der Waals surface area contributed by atoms with Gasteiger partial charge in [0.15, 0.2) is 17.2 Å². The average Bonchev–Trinajstić information content (AvgIpc) is 3.55. The van der Waals surface area contributed by atoms with Gasteiger partial charge in [0.05, 0.1) is 12.6 Å². The Morgan fingerprint density at radius 3 is 2.32 bits per heavy atom. The van der Waals surface area contributed by atoms with Gasteiger partial charge in [-0.2, -0.15) is 4.68 Å². The van der Waals surface area contributed by atoms with E-state index in [1.54, 1.807) is 12.1 Å². The van der Waals surface area contributed by atoms with Gasteiger partial charge in [-0.1, -0.05) is 42.5 Å². The highest BCUT2D eigenvalue weighted by molar-refractivity contribution is 6.08. The fourth-order valence-corrected chi connectivity index (χ4v) is 4.80. The van der Waals surface area contributed by atoms with Gasteiger partial charge in [-0.05, 0) is 44.2 Å². The molecule has 4 aromatic rings. The number of carbonyl (C=O) groups excluding carboxylic acids is 3. The molecule has 1 aliphatic heterocycles. The predicted octanol–water partition coefficient (Wildman–Crippen LogP) is 3.91. The summed E-state index contributed by atoms with van der Waals surface area (Å²) in [5.41, 5.74) is 2.02. The van der Waals surface area contributed by atoms with E-state index in [9.17, 15) is 14.4 Å². The molecule has 2 aromatic carbocycles. The quantitative estimate of drug-likeness (QED) is 0.350. The lowest BCUT2D eigenvalue weighted by Crippen LogP contribution is -2.43. The third-order valence-electron chi connectivity index (χ3n) is 7.30. The highest BCUT2D eigenvalue weighted by Gasteiger charge is 2.28. The summed E-state index contributed by atoms with van der Waals surface area (Å²) in [5.74, 6) is -0.957. The van der Waals surface area contributed by atoms with Crippen LogP contribution in [0.5, 0.6) is 0 Å². The summed E-state index contributed by atoms with van der Waals surface area (Å²) >= 11 is 0. The zero-order valence-corrected chi connectivity index (χ0v) is 23.6. The molecule has 1 fully saturated rings. The minimum atomic E-state index is -0.791. The van der Waals surface area contributed by atoms with E-state index in [4.69, 9.17) is 9.15 Å². The molecule has 214 valence electrons. The molecule has 0 radical (unpaired) electrons. The first-order chi connectivity index (χ1) is 19.6. The molecule has 2 amide bonds. The Hall–Kier alpha value is -4.48. The van der Waals surface area contributed by atoms with Gasteiger partial charge in [-0.25, -0.2) is 4.79 Å². The molecule has 5 rings (SSSR count). The highest BCUT2D eigenvalue weighted by Crippen LogP contribution is 2.29. The van der Waals surface area contributed by atoms with Crippen LogP contribution in [-0.2, 0) is 16.8 Å². The van der Waals surface area contributed by atoms with E-state index in [0.717, 1.165) is 48.5 Å². The van der Waals surface area contributed by atoms with Gasteiger partial charge in [0.1, 0.15) is 5.52 Å². The second-order valence-electron chi connectivity index (χ2n) is 10.7. The number of fused-ring (bicyclic) bond motifs is 1. The second kappa shape index (κ2) is 11.6. The first-order valence-corrected chi connectivity index (χ1v) is 13.4. The number of furan rings is 1. The first-order valence-electron chi connectivity index (χ1n) is 13.4. The van der Waals surface area contributed by atoms with Gasteiger partial charge < -0.3 is 24.7 Å². The van der Waals surface area contributed by atoms with Gasteiger partial charge in [-0.3, -0.25) is 14.5 Å². The molecule has 3 heterocycles. The Bertz CT molecular complexity index is 1550. The number of rotatable bonds is 7. The number of likely N-dealkylation sites (N-methyl/N-ethyl adjacent to an activating group) is 1.